The van der Waals surface area contributed by atoms with Crippen LogP contribution in [0.1, 0.15) is 41.0 Å². The van der Waals surface area contributed by atoms with Crippen molar-refractivity contribution in [3.8, 4) is 0 Å². The Kier molecular flexibility index (Phi) is 12.9. The Hall–Kier alpha value is -0.810. The first kappa shape index (κ1) is 21.5. The van der Waals surface area contributed by atoms with Gasteiger partial charge < -0.3 is 16.0 Å². The van der Waals surface area contributed by atoms with Gasteiger partial charge in [0.15, 0.2) is 0 Å². The second-order valence-electron chi connectivity index (χ2n) is 5.53. The van der Waals surface area contributed by atoms with Crippen LogP contribution in [0.3, 0.4) is 0 Å². The van der Waals surface area contributed by atoms with Crippen molar-refractivity contribution in [3.05, 3.63) is 0 Å². The van der Waals surface area contributed by atoms with Gasteiger partial charge in [-0.2, -0.15) is 0 Å². The van der Waals surface area contributed by atoms with Crippen molar-refractivity contribution in [2.45, 2.75) is 47.1 Å². The summed E-state index contributed by atoms with van der Waals surface area (Å²) in [4.78, 5) is 23.8. The number of nitrogens with one attached hydrogen (secondary N) is 3. The van der Waals surface area contributed by atoms with Crippen molar-refractivity contribution in [1.29, 1.82) is 0 Å². The third-order valence-electron chi connectivity index (χ3n) is 2.71. The predicted molar refractivity (Wildman–Crippen MR) is 85.0 cm³/mol. The number of hydrogen-bond donors (Lipinski definition) is 3. The summed E-state index contributed by atoms with van der Waals surface area (Å²) in [7, 11) is 0. The van der Waals surface area contributed by atoms with E-state index in [1.165, 1.54) is 0 Å². The molecule has 5 nitrogen and oxygen atoms in total. The molecule has 6 heteroatoms. The number of likely N-dealkylation sites (N-methyl/N-ethyl adjacent to an activating group) is 1. The highest BCUT2D eigenvalue weighted by Crippen LogP contribution is 2.04. The van der Waals surface area contributed by atoms with Crippen molar-refractivity contribution in [2.75, 3.05) is 19.6 Å². The molecule has 1 atom stereocenters. The molecule has 1 unspecified atom stereocenters. The maximum Gasteiger partial charge on any atom is 0.242 e. The topological polar surface area (TPSA) is 70.2 Å². The summed E-state index contributed by atoms with van der Waals surface area (Å²) < 4.78 is 0. The lowest BCUT2D eigenvalue weighted by molar-refractivity contribution is -0.130. The third-order valence-corrected chi connectivity index (χ3v) is 2.71. The fourth-order valence-electron chi connectivity index (χ4n) is 1.70. The van der Waals surface area contributed by atoms with Gasteiger partial charge in [0, 0.05) is 19.5 Å². The first-order chi connectivity index (χ1) is 8.88. The summed E-state index contributed by atoms with van der Waals surface area (Å²) in [6.45, 7) is 12.1. The third kappa shape index (κ3) is 10.0. The summed E-state index contributed by atoms with van der Waals surface area (Å²) in [5.74, 6) is 0.209. The molecule has 120 valence electrons. The summed E-state index contributed by atoms with van der Waals surface area (Å²) >= 11 is 0. The molecule has 0 saturated heterocycles. The molecule has 0 aromatic rings. The largest absolute Gasteiger partial charge is 0.353 e. The lowest BCUT2D eigenvalue weighted by Gasteiger charge is -2.22. The minimum absolute atomic E-state index is 0. The van der Waals surface area contributed by atoms with E-state index in [0.717, 1.165) is 13.1 Å². The highest BCUT2D eigenvalue weighted by molar-refractivity contribution is 5.87. The van der Waals surface area contributed by atoms with Crippen LogP contribution in [0.2, 0.25) is 0 Å². The second kappa shape index (κ2) is 12.0. The van der Waals surface area contributed by atoms with Crippen molar-refractivity contribution in [1.82, 2.24) is 16.0 Å². The van der Waals surface area contributed by atoms with E-state index in [1.54, 1.807) is 0 Å². The van der Waals surface area contributed by atoms with E-state index >= 15 is 0 Å². The van der Waals surface area contributed by atoms with Gasteiger partial charge in [0.05, 0.1) is 0 Å². The SMILES string of the molecule is CCNCCNC(=O)C(NC(=O)CC(C)C)C(C)C.Cl. The van der Waals surface area contributed by atoms with Crippen LogP contribution < -0.4 is 16.0 Å². The summed E-state index contributed by atoms with van der Waals surface area (Å²) in [5.41, 5.74) is 0. The molecule has 0 rings (SSSR count). The van der Waals surface area contributed by atoms with Crippen LogP contribution in [-0.4, -0.2) is 37.5 Å². The monoisotopic (exact) mass is 307 g/mol. The average molecular weight is 308 g/mol. The molecule has 0 fully saturated rings. The van der Waals surface area contributed by atoms with Gasteiger partial charge in [0.2, 0.25) is 11.8 Å². The minimum atomic E-state index is -0.451. The summed E-state index contributed by atoms with van der Waals surface area (Å²) in [6.07, 6.45) is 0.452. The quantitative estimate of drug-likeness (QED) is 0.563. The number of rotatable bonds is 9. The van der Waals surface area contributed by atoms with Gasteiger partial charge in [0.25, 0.3) is 0 Å². The smallest absolute Gasteiger partial charge is 0.242 e. The summed E-state index contributed by atoms with van der Waals surface area (Å²) in [5, 5.41) is 8.80. The number of amides is 2. The molecule has 2 amide bonds. The molecule has 0 bridgehead atoms. The van der Waals surface area contributed by atoms with Gasteiger partial charge >= 0.3 is 0 Å². The number of halogens is 1. The molecule has 0 radical (unpaired) electrons. The average Bonchev–Trinajstić information content (AvgIpc) is 2.30. The van der Waals surface area contributed by atoms with E-state index in [2.05, 4.69) is 16.0 Å². The van der Waals surface area contributed by atoms with E-state index in [-0.39, 0.29) is 30.1 Å². The molecule has 0 aliphatic rings. The zero-order chi connectivity index (χ0) is 14.8. The molecule has 20 heavy (non-hydrogen) atoms. The van der Waals surface area contributed by atoms with E-state index in [0.29, 0.717) is 18.9 Å². The van der Waals surface area contributed by atoms with Crippen LogP contribution in [0.5, 0.6) is 0 Å². The normalized spacial score (nSPS) is 11.9. The Morgan fingerprint density at radius 1 is 1.05 bits per heavy atom. The van der Waals surface area contributed by atoms with Crippen LogP contribution in [0.4, 0.5) is 0 Å². The van der Waals surface area contributed by atoms with E-state index in [1.807, 2.05) is 34.6 Å². The summed E-state index contributed by atoms with van der Waals surface area (Å²) in [6, 6.07) is -0.451. The standard InChI is InChI=1S/C14H29N3O2.ClH/c1-6-15-7-8-16-14(19)13(11(4)5)17-12(18)9-10(2)3;/h10-11,13,15H,6-9H2,1-5H3,(H,16,19)(H,17,18);1H. The van der Waals surface area contributed by atoms with Crippen molar-refractivity contribution >= 4 is 24.2 Å². The zero-order valence-corrected chi connectivity index (χ0v) is 14.1. The fourth-order valence-corrected chi connectivity index (χ4v) is 1.70. The Bertz CT molecular complexity index is 284. The van der Waals surface area contributed by atoms with Crippen LogP contribution >= 0.6 is 12.4 Å². The van der Waals surface area contributed by atoms with E-state index in [9.17, 15) is 9.59 Å². The zero-order valence-electron chi connectivity index (χ0n) is 13.3. The predicted octanol–water partition coefficient (Wildman–Crippen LogP) is 1.32. The fraction of sp³-hybridized carbons (Fsp3) is 0.857. The van der Waals surface area contributed by atoms with Crippen molar-refractivity contribution in [2.24, 2.45) is 11.8 Å². The highest BCUT2D eigenvalue weighted by atomic mass is 35.5. The maximum atomic E-state index is 12.0. The lowest BCUT2D eigenvalue weighted by atomic mass is 10.0. The molecule has 0 aliphatic heterocycles. The first-order valence-electron chi connectivity index (χ1n) is 7.16. The lowest BCUT2D eigenvalue weighted by Crippen LogP contribution is -2.50. The first-order valence-corrected chi connectivity index (χ1v) is 7.16. The molecule has 0 aromatic carbocycles. The van der Waals surface area contributed by atoms with Gasteiger partial charge in [-0.05, 0) is 18.4 Å². The van der Waals surface area contributed by atoms with Gasteiger partial charge in [-0.1, -0.05) is 34.6 Å². The van der Waals surface area contributed by atoms with Crippen molar-refractivity contribution in [3.63, 3.8) is 0 Å². The molecule has 0 heterocycles. The van der Waals surface area contributed by atoms with Gasteiger partial charge in [-0.15, -0.1) is 12.4 Å². The molecular formula is C14H30ClN3O2. The Morgan fingerprint density at radius 2 is 1.65 bits per heavy atom. The number of carbonyl (C=O) groups excluding carboxylic acids is 2. The minimum Gasteiger partial charge on any atom is -0.353 e. The van der Waals surface area contributed by atoms with E-state index in [4.69, 9.17) is 0 Å². The Balaban J connectivity index is 0. The van der Waals surface area contributed by atoms with Crippen LogP contribution in [0, 0.1) is 11.8 Å². The molecule has 0 aliphatic carbocycles. The molecule has 0 aromatic heterocycles. The van der Waals surface area contributed by atoms with Crippen LogP contribution in [0.15, 0.2) is 0 Å². The van der Waals surface area contributed by atoms with Gasteiger partial charge in [-0.25, -0.2) is 0 Å². The van der Waals surface area contributed by atoms with Gasteiger partial charge in [0.1, 0.15) is 6.04 Å². The molecule has 0 saturated carbocycles. The van der Waals surface area contributed by atoms with E-state index < -0.39 is 6.04 Å². The molecule has 0 spiro atoms. The van der Waals surface area contributed by atoms with Crippen LogP contribution in [-0.2, 0) is 9.59 Å². The second-order valence-corrected chi connectivity index (χ2v) is 5.53. The molecular weight excluding hydrogens is 278 g/mol. The highest BCUT2D eigenvalue weighted by Gasteiger charge is 2.23. The number of carbonyl (C=O) groups is 2. The van der Waals surface area contributed by atoms with Gasteiger partial charge in [-0.3, -0.25) is 9.59 Å². The number of hydrogen-bond acceptors (Lipinski definition) is 3. The Labute approximate surface area is 129 Å². The Morgan fingerprint density at radius 3 is 2.10 bits per heavy atom. The molecule has 3 N–H and O–H groups in total. The van der Waals surface area contributed by atoms with Crippen LogP contribution in [0.25, 0.3) is 0 Å². The van der Waals surface area contributed by atoms with Crippen molar-refractivity contribution < 1.29 is 9.59 Å². The maximum absolute atomic E-state index is 12.0.